The average molecular weight is 402 g/mol. The number of rotatable bonds is 2. The second-order valence-corrected chi connectivity index (χ2v) is 8.25. The summed E-state index contributed by atoms with van der Waals surface area (Å²) in [5.41, 5.74) is 1.32. The van der Waals surface area contributed by atoms with Crippen LogP contribution in [0.2, 0.25) is 5.02 Å². The number of amides is 1. The number of nitrogens with zero attached hydrogens (tertiary/aromatic N) is 3. The summed E-state index contributed by atoms with van der Waals surface area (Å²) in [5.74, 6) is 0.660. The van der Waals surface area contributed by atoms with E-state index in [9.17, 15) is 9.59 Å². The van der Waals surface area contributed by atoms with E-state index in [0.717, 1.165) is 31.5 Å². The van der Waals surface area contributed by atoms with Gasteiger partial charge in [0, 0.05) is 20.0 Å². The maximum absolute atomic E-state index is 13.1. The Hall–Kier alpha value is -2.18. The van der Waals surface area contributed by atoms with Gasteiger partial charge in [0.05, 0.1) is 21.0 Å². The molecule has 140 valence electrons. The zero-order chi connectivity index (χ0) is 19.1. The lowest BCUT2D eigenvalue weighted by Gasteiger charge is -2.18. The van der Waals surface area contributed by atoms with Gasteiger partial charge < -0.3 is 4.90 Å². The first kappa shape index (κ1) is 18.2. The lowest BCUT2D eigenvalue weighted by molar-refractivity contribution is 0.0996. The number of carbonyl (C=O) groups excluding carboxylic acids is 1. The van der Waals surface area contributed by atoms with Crippen LogP contribution >= 0.6 is 22.9 Å². The molecule has 0 saturated carbocycles. The summed E-state index contributed by atoms with van der Waals surface area (Å²) in [6.07, 6.45) is 3.96. The van der Waals surface area contributed by atoms with Gasteiger partial charge >= 0.3 is 0 Å². The Morgan fingerprint density at radius 2 is 2.04 bits per heavy atom. The third-order valence-electron chi connectivity index (χ3n) is 5.12. The van der Waals surface area contributed by atoms with Gasteiger partial charge in [0.15, 0.2) is 0 Å². The Morgan fingerprint density at radius 3 is 2.81 bits per heavy atom. The van der Waals surface area contributed by atoms with E-state index in [-0.39, 0.29) is 11.5 Å². The van der Waals surface area contributed by atoms with Crippen LogP contribution in [0.4, 0.5) is 5.69 Å². The van der Waals surface area contributed by atoms with Crippen LogP contribution in [-0.2, 0) is 13.0 Å². The monoisotopic (exact) mass is 401 g/mol. The molecule has 27 heavy (non-hydrogen) atoms. The highest BCUT2D eigenvalue weighted by Crippen LogP contribution is 2.32. The topological polar surface area (TPSA) is 55.2 Å². The van der Waals surface area contributed by atoms with Gasteiger partial charge in [-0.05, 0) is 37.5 Å². The predicted octanol–water partition coefficient (Wildman–Crippen LogP) is 4.42. The van der Waals surface area contributed by atoms with Crippen molar-refractivity contribution in [2.24, 2.45) is 0 Å². The Kier molecular flexibility index (Phi) is 4.78. The van der Waals surface area contributed by atoms with Crippen molar-refractivity contribution in [2.45, 2.75) is 39.2 Å². The molecule has 0 bridgehead atoms. The van der Waals surface area contributed by atoms with Gasteiger partial charge in [-0.1, -0.05) is 30.2 Å². The van der Waals surface area contributed by atoms with E-state index < -0.39 is 0 Å². The molecule has 0 fully saturated rings. The molecule has 1 amide bonds. The smallest absolute Gasteiger partial charge is 0.268 e. The van der Waals surface area contributed by atoms with E-state index in [0.29, 0.717) is 37.9 Å². The normalized spacial score (nSPS) is 14.0. The average Bonchev–Trinajstić information content (AvgIpc) is 2.83. The first-order valence-electron chi connectivity index (χ1n) is 9.04. The maximum Gasteiger partial charge on any atom is 0.268 e. The molecule has 0 atom stereocenters. The molecule has 3 heterocycles. The molecular formula is C20H20ClN3O2S. The number of hydrogen-bond donors (Lipinski definition) is 0. The van der Waals surface area contributed by atoms with Gasteiger partial charge in [-0.25, -0.2) is 4.98 Å². The van der Waals surface area contributed by atoms with E-state index in [1.165, 1.54) is 16.2 Å². The highest BCUT2D eigenvalue weighted by molar-refractivity contribution is 7.20. The van der Waals surface area contributed by atoms with Crippen molar-refractivity contribution >= 4 is 44.7 Å². The third kappa shape index (κ3) is 3.07. The fourth-order valence-electron chi connectivity index (χ4n) is 3.60. The van der Waals surface area contributed by atoms with Crippen LogP contribution in [0.1, 0.15) is 40.3 Å². The maximum atomic E-state index is 13.1. The van der Waals surface area contributed by atoms with Gasteiger partial charge in [-0.15, -0.1) is 11.3 Å². The number of anilines is 1. The lowest BCUT2D eigenvalue weighted by atomic mass is 10.2. The van der Waals surface area contributed by atoms with Crippen molar-refractivity contribution in [3.8, 4) is 0 Å². The predicted molar refractivity (Wildman–Crippen MR) is 110 cm³/mol. The molecule has 7 heteroatoms. The fourth-order valence-corrected chi connectivity index (χ4v) is 5.03. The van der Waals surface area contributed by atoms with Crippen LogP contribution in [0.3, 0.4) is 0 Å². The summed E-state index contributed by atoms with van der Waals surface area (Å²) in [6.45, 7) is 2.54. The van der Waals surface area contributed by atoms with E-state index >= 15 is 0 Å². The van der Waals surface area contributed by atoms with Crippen molar-refractivity contribution in [1.82, 2.24) is 9.55 Å². The van der Waals surface area contributed by atoms with Gasteiger partial charge in [0.1, 0.15) is 10.7 Å². The number of aryl methyl sites for hydroxylation is 2. The largest absolute Gasteiger partial charge is 0.309 e. The second kappa shape index (κ2) is 7.09. The van der Waals surface area contributed by atoms with Gasteiger partial charge in [0.2, 0.25) is 0 Å². The first-order chi connectivity index (χ1) is 13.0. The number of hydrogen-bond acceptors (Lipinski definition) is 4. The van der Waals surface area contributed by atoms with Crippen molar-refractivity contribution in [3.63, 3.8) is 0 Å². The van der Waals surface area contributed by atoms with Crippen LogP contribution in [0.5, 0.6) is 0 Å². The van der Waals surface area contributed by atoms with E-state index in [1.54, 1.807) is 23.7 Å². The van der Waals surface area contributed by atoms with Crippen molar-refractivity contribution in [1.29, 1.82) is 0 Å². The molecule has 0 N–H and O–H groups in total. The zero-order valence-electron chi connectivity index (χ0n) is 15.3. The molecule has 1 aliphatic heterocycles. The molecule has 3 aromatic rings. The molecular weight excluding hydrogens is 382 g/mol. The fraction of sp³-hybridized carbons (Fsp3) is 0.350. The van der Waals surface area contributed by atoms with Gasteiger partial charge in [0.25, 0.3) is 11.5 Å². The molecule has 0 radical (unpaired) electrons. The summed E-state index contributed by atoms with van der Waals surface area (Å²) >= 11 is 7.54. The zero-order valence-corrected chi connectivity index (χ0v) is 16.9. The molecule has 1 aliphatic rings. The van der Waals surface area contributed by atoms with Gasteiger partial charge in [-0.2, -0.15) is 0 Å². The molecule has 5 nitrogen and oxygen atoms in total. The summed E-state index contributed by atoms with van der Waals surface area (Å²) < 4.78 is 1.79. The quantitative estimate of drug-likeness (QED) is 0.638. The minimum Gasteiger partial charge on any atom is -0.309 e. The number of aromatic nitrogens is 2. The number of thiophene rings is 1. The van der Waals surface area contributed by atoms with Crippen LogP contribution in [-0.4, -0.2) is 22.5 Å². The molecule has 0 spiro atoms. The Labute approximate surface area is 166 Å². The first-order valence-corrected chi connectivity index (χ1v) is 10.2. The van der Waals surface area contributed by atoms with Crippen molar-refractivity contribution in [3.05, 3.63) is 55.9 Å². The minimum absolute atomic E-state index is 0.0231. The van der Waals surface area contributed by atoms with Crippen molar-refractivity contribution in [2.75, 3.05) is 11.9 Å². The second-order valence-electron chi connectivity index (χ2n) is 6.85. The van der Waals surface area contributed by atoms with Gasteiger partial charge in [-0.3, -0.25) is 14.2 Å². The van der Waals surface area contributed by atoms with E-state index in [4.69, 9.17) is 16.6 Å². The number of fused-ring (bicyclic) bond motifs is 2. The lowest BCUT2D eigenvalue weighted by Crippen LogP contribution is -2.26. The number of para-hydroxylation sites is 1. The molecule has 0 saturated heterocycles. The highest BCUT2D eigenvalue weighted by Gasteiger charge is 2.25. The number of carbonyl (C=O) groups is 1. The summed E-state index contributed by atoms with van der Waals surface area (Å²) in [7, 11) is 1.70. The highest BCUT2D eigenvalue weighted by atomic mass is 35.5. The standard InChI is InChI=1S/C20H20ClN3O2S/c1-12-16-18(22-15-10-4-3-7-11-24(15)19(16)25)27-17(12)20(26)23(2)14-9-6-5-8-13(14)21/h5-6,8-9H,3-4,7,10-11H2,1-2H3. The third-order valence-corrected chi connectivity index (χ3v) is 6.62. The SMILES string of the molecule is Cc1c(C(=O)N(C)c2ccccc2Cl)sc2nc3n(c(=O)c12)CCCCC3. The van der Waals surface area contributed by atoms with Crippen LogP contribution in [0, 0.1) is 6.92 Å². The number of benzene rings is 1. The number of halogens is 1. The van der Waals surface area contributed by atoms with Crippen LogP contribution in [0.25, 0.3) is 10.2 Å². The Morgan fingerprint density at radius 1 is 1.26 bits per heavy atom. The van der Waals surface area contributed by atoms with Crippen molar-refractivity contribution < 1.29 is 4.79 Å². The molecule has 0 aliphatic carbocycles. The molecule has 1 aromatic carbocycles. The van der Waals surface area contributed by atoms with Crippen LogP contribution < -0.4 is 10.5 Å². The van der Waals surface area contributed by atoms with E-state index in [2.05, 4.69) is 0 Å². The Balaban J connectivity index is 1.82. The molecule has 0 unspecified atom stereocenters. The van der Waals surface area contributed by atoms with Crippen LogP contribution in [0.15, 0.2) is 29.1 Å². The van der Waals surface area contributed by atoms with E-state index in [1.807, 2.05) is 19.1 Å². The molecule has 2 aromatic heterocycles. The summed E-state index contributed by atoms with van der Waals surface area (Å²) in [5, 5.41) is 1.08. The molecule has 4 rings (SSSR count). The Bertz CT molecular complexity index is 1100. The summed E-state index contributed by atoms with van der Waals surface area (Å²) in [4.78, 5) is 33.6. The summed E-state index contributed by atoms with van der Waals surface area (Å²) in [6, 6.07) is 7.22. The minimum atomic E-state index is -0.178.